The van der Waals surface area contributed by atoms with Gasteiger partial charge in [0.1, 0.15) is 17.3 Å². The van der Waals surface area contributed by atoms with E-state index in [1.54, 1.807) is 49.6 Å². The molecule has 0 radical (unpaired) electrons. The Morgan fingerprint density at radius 1 is 0.929 bits per heavy atom. The zero-order valence-corrected chi connectivity index (χ0v) is 15.6. The van der Waals surface area contributed by atoms with Gasteiger partial charge in [-0.05, 0) is 48.9 Å². The van der Waals surface area contributed by atoms with E-state index in [9.17, 15) is 9.59 Å². The van der Waals surface area contributed by atoms with Crippen molar-refractivity contribution in [2.24, 2.45) is 0 Å². The van der Waals surface area contributed by atoms with Gasteiger partial charge in [0.25, 0.3) is 5.91 Å². The molecule has 8 nitrogen and oxygen atoms in total. The smallest absolute Gasteiger partial charge is 0.274 e. The summed E-state index contributed by atoms with van der Waals surface area (Å²) in [6.07, 6.45) is 3.44. The lowest BCUT2D eigenvalue weighted by Crippen LogP contribution is -2.16. The first-order valence-corrected chi connectivity index (χ1v) is 8.67. The van der Waals surface area contributed by atoms with Crippen LogP contribution in [0.3, 0.4) is 0 Å². The third-order valence-electron chi connectivity index (χ3n) is 3.76. The zero-order chi connectivity index (χ0) is 19.9. The molecule has 0 spiro atoms. The number of pyridine rings is 1. The molecule has 0 saturated carbocycles. The van der Waals surface area contributed by atoms with Crippen molar-refractivity contribution in [3.8, 4) is 0 Å². The molecular formula is C20H20N6O2. The van der Waals surface area contributed by atoms with Crippen LogP contribution in [0.4, 0.5) is 17.2 Å². The predicted molar refractivity (Wildman–Crippen MR) is 107 cm³/mol. The number of nitrogens with one attached hydrogen (secondary N) is 3. The Balaban J connectivity index is 1.67. The maximum Gasteiger partial charge on any atom is 0.274 e. The SMILES string of the molecule is CC(=O)Nc1ccc(NC(=O)c2cc(NCc3ccncc3)nc(C)n2)cc1. The molecule has 2 amide bonds. The van der Waals surface area contributed by atoms with E-state index in [0.717, 1.165) is 5.56 Å². The molecule has 2 aromatic heterocycles. The maximum atomic E-state index is 12.5. The van der Waals surface area contributed by atoms with Crippen molar-refractivity contribution < 1.29 is 9.59 Å². The lowest BCUT2D eigenvalue weighted by molar-refractivity contribution is -0.114. The van der Waals surface area contributed by atoms with E-state index in [1.807, 2.05) is 12.1 Å². The number of carbonyl (C=O) groups excluding carboxylic acids is 2. The summed E-state index contributed by atoms with van der Waals surface area (Å²) in [6, 6.07) is 12.3. The van der Waals surface area contributed by atoms with E-state index in [4.69, 9.17) is 0 Å². The molecule has 1 aromatic carbocycles. The summed E-state index contributed by atoms with van der Waals surface area (Å²) in [4.78, 5) is 36.1. The van der Waals surface area contributed by atoms with Gasteiger partial charge in [-0.2, -0.15) is 0 Å². The summed E-state index contributed by atoms with van der Waals surface area (Å²) in [5, 5.41) is 8.65. The summed E-state index contributed by atoms with van der Waals surface area (Å²) in [5.41, 5.74) is 2.57. The fourth-order valence-electron chi connectivity index (χ4n) is 2.50. The van der Waals surface area contributed by atoms with Crippen LogP contribution in [0, 0.1) is 6.92 Å². The van der Waals surface area contributed by atoms with Crippen LogP contribution in [0.2, 0.25) is 0 Å². The minimum atomic E-state index is -0.343. The average molecular weight is 376 g/mol. The van der Waals surface area contributed by atoms with E-state index in [2.05, 4.69) is 30.9 Å². The van der Waals surface area contributed by atoms with Crippen LogP contribution in [-0.4, -0.2) is 26.8 Å². The highest BCUT2D eigenvalue weighted by molar-refractivity contribution is 6.03. The molecule has 0 aliphatic rings. The van der Waals surface area contributed by atoms with Crippen molar-refractivity contribution in [3.05, 3.63) is 71.9 Å². The third-order valence-corrected chi connectivity index (χ3v) is 3.76. The van der Waals surface area contributed by atoms with Gasteiger partial charge in [0.2, 0.25) is 5.91 Å². The molecule has 2 heterocycles. The van der Waals surface area contributed by atoms with Crippen molar-refractivity contribution >= 4 is 29.0 Å². The van der Waals surface area contributed by atoms with Crippen LogP contribution < -0.4 is 16.0 Å². The van der Waals surface area contributed by atoms with E-state index < -0.39 is 0 Å². The number of hydrogen-bond acceptors (Lipinski definition) is 6. The van der Waals surface area contributed by atoms with Gasteiger partial charge < -0.3 is 16.0 Å². The fraction of sp³-hybridized carbons (Fsp3) is 0.150. The van der Waals surface area contributed by atoms with E-state index >= 15 is 0 Å². The quantitative estimate of drug-likeness (QED) is 0.610. The topological polar surface area (TPSA) is 109 Å². The normalized spacial score (nSPS) is 10.2. The van der Waals surface area contributed by atoms with Gasteiger partial charge in [-0.15, -0.1) is 0 Å². The molecule has 8 heteroatoms. The molecule has 0 atom stereocenters. The minimum absolute atomic E-state index is 0.153. The Morgan fingerprint density at radius 3 is 2.21 bits per heavy atom. The Hall–Kier alpha value is -3.81. The summed E-state index contributed by atoms with van der Waals surface area (Å²) >= 11 is 0. The van der Waals surface area contributed by atoms with Gasteiger partial charge in [0.05, 0.1) is 0 Å². The van der Waals surface area contributed by atoms with E-state index in [0.29, 0.717) is 29.6 Å². The summed E-state index contributed by atoms with van der Waals surface area (Å²) in [6.45, 7) is 3.73. The number of rotatable bonds is 6. The molecule has 142 valence electrons. The second-order valence-corrected chi connectivity index (χ2v) is 6.11. The summed E-state index contributed by atoms with van der Waals surface area (Å²) in [7, 11) is 0. The molecule has 3 aromatic rings. The Kier molecular flexibility index (Phi) is 5.91. The number of hydrogen-bond donors (Lipinski definition) is 3. The number of aromatic nitrogens is 3. The number of aryl methyl sites for hydroxylation is 1. The van der Waals surface area contributed by atoms with E-state index in [1.165, 1.54) is 6.92 Å². The molecule has 0 unspecified atom stereocenters. The average Bonchev–Trinajstić information content (AvgIpc) is 2.68. The van der Waals surface area contributed by atoms with Gasteiger partial charge in [0, 0.05) is 43.3 Å². The number of amides is 2. The van der Waals surface area contributed by atoms with Gasteiger partial charge in [0.15, 0.2) is 0 Å². The van der Waals surface area contributed by atoms with Crippen molar-refractivity contribution in [2.45, 2.75) is 20.4 Å². The number of carbonyl (C=O) groups is 2. The third kappa shape index (κ3) is 5.34. The molecule has 0 aliphatic carbocycles. The van der Waals surface area contributed by atoms with Gasteiger partial charge >= 0.3 is 0 Å². The second kappa shape index (κ2) is 8.72. The Bertz CT molecular complexity index is 974. The fourth-order valence-corrected chi connectivity index (χ4v) is 2.50. The van der Waals surface area contributed by atoms with Crippen LogP contribution in [0.1, 0.15) is 28.8 Å². The summed E-state index contributed by atoms with van der Waals surface area (Å²) < 4.78 is 0. The van der Waals surface area contributed by atoms with Crippen LogP contribution in [-0.2, 0) is 11.3 Å². The van der Waals surface area contributed by atoms with E-state index in [-0.39, 0.29) is 17.5 Å². The van der Waals surface area contributed by atoms with Gasteiger partial charge in [-0.25, -0.2) is 9.97 Å². The minimum Gasteiger partial charge on any atom is -0.366 e. The highest BCUT2D eigenvalue weighted by atomic mass is 16.2. The molecule has 0 bridgehead atoms. The Morgan fingerprint density at radius 2 is 1.57 bits per heavy atom. The number of anilines is 3. The molecule has 3 N–H and O–H groups in total. The first-order chi connectivity index (χ1) is 13.5. The first kappa shape index (κ1) is 19.0. The highest BCUT2D eigenvalue weighted by Gasteiger charge is 2.11. The van der Waals surface area contributed by atoms with Gasteiger partial charge in [-0.1, -0.05) is 0 Å². The van der Waals surface area contributed by atoms with Crippen LogP contribution in [0.15, 0.2) is 54.9 Å². The zero-order valence-electron chi connectivity index (χ0n) is 15.6. The molecular weight excluding hydrogens is 356 g/mol. The number of benzene rings is 1. The highest BCUT2D eigenvalue weighted by Crippen LogP contribution is 2.15. The monoisotopic (exact) mass is 376 g/mol. The molecule has 0 aliphatic heterocycles. The van der Waals surface area contributed by atoms with Crippen LogP contribution >= 0.6 is 0 Å². The summed E-state index contributed by atoms with van der Waals surface area (Å²) in [5.74, 6) is 0.561. The molecule has 28 heavy (non-hydrogen) atoms. The lowest BCUT2D eigenvalue weighted by Gasteiger charge is -2.10. The predicted octanol–water partition coefficient (Wildman–Crippen LogP) is 3.00. The second-order valence-electron chi connectivity index (χ2n) is 6.11. The van der Waals surface area contributed by atoms with Crippen molar-refractivity contribution in [1.82, 2.24) is 15.0 Å². The Labute approximate surface area is 162 Å². The molecule has 0 saturated heterocycles. The molecule has 0 fully saturated rings. The largest absolute Gasteiger partial charge is 0.366 e. The van der Waals surface area contributed by atoms with Gasteiger partial charge in [-0.3, -0.25) is 14.6 Å². The standard InChI is InChI=1S/C20H20N6O2/c1-13-23-18(11-19(24-13)22-12-15-7-9-21-10-8-15)20(28)26-17-5-3-16(4-6-17)25-14(2)27/h3-11H,12H2,1-2H3,(H,25,27)(H,26,28)(H,22,23,24). The lowest BCUT2D eigenvalue weighted by atomic mass is 10.2. The van der Waals surface area contributed by atoms with Crippen molar-refractivity contribution in [1.29, 1.82) is 0 Å². The van der Waals surface area contributed by atoms with Crippen molar-refractivity contribution in [3.63, 3.8) is 0 Å². The maximum absolute atomic E-state index is 12.5. The first-order valence-electron chi connectivity index (χ1n) is 8.67. The van der Waals surface area contributed by atoms with Crippen LogP contribution in [0.25, 0.3) is 0 Å². The van der Waals surface area contributed by atoms with Crippen molar-refractivity contribution in [2.75, 3.05) is 16.0 Å². The molecule has 3 rings (SSSR count). The number of nitrogens with zero attached hydrogens (tertiary/aromatic N) is 3. The van der Waals surface area contributed by atoms with Crippen LogP contribution in [0.5, 0.6) is 0 Å².